The predicted molar refractivity (Wildman–Crippen MR) is 94.9 cm³/mol. The highest BCUT2D eigenvalue weighted by Gasteiger charge is 2.14. The van der Waals surface area contributed by atoms with Gasteiger partial charge in [0.2, 0.25) is 0 Å². The van der Waals surface area contributed by atoms with Crippen LogP contribution in [0.1, 0.15) is 10.4 Å². The number of benzene rings is 2. The van der Waals surface area contributed by atoms with E-state index in [1.807, 2.05) is 0 Å². The second kappa shape index (κ2) is 6.37. The largest absolute Gasteiger partial charge is 0.484 e. The SMILES string of the molecule is Cc1cc2ccc(N)cc2n(C(=O)COc2ccc(Cl)cc2)c1=O. The molecule has 0 saturated carbocycles. The monoisotopic (exact) mass is 342 g/mol. The molecule has 0 fully saturated rings. The molecule has 5 nitrogen and oxygen atoms in total. The molecule has 0 aliphatic heterocycles. The predicted octanol–water partition coefficient (Wildman–Crippen LogP) is 3.26. The van der Waals surface area contributed by atoms with E-state index >= 15 is 0 Å². The number of rotatable bonds is 3. The Balaban J connectivity index is 1.96. The molecule has 2 aromatic carbocycles. The van der Waals surface area contributed by atoms with E-state index in [4.69, 9.17) is 22.1 Å². The van der Waals surface area contributed by atoms with Crippen molar-refractivity contribution in [3.8, 4) is 5.75 Å². The zero-order valence-corrected chi connectivity index (χ0v) is 13.7. The summed E-state index contributed by atoms with van der Waals surface area (Å²) in [4.78, 5) is 25.0. The van der Waals surface area contributed by atoms with E-state index in [0.29, 0.717) is 27.5 Å². The van der Waals surface area contributed by atoms with E-state index in [1.165, 1.54) is 0 Å². The number of carbonyl (C=O) groups is 1. The van der Waals surface area contributed by atoms with Gasteiger partial charge in [-0.1, -0.05) is 17.7 Å². The molecule has 0 atom stereocenters. The van der Waals surface area contributed by atoms with Crippen LogP contribution in [-0.4, -0.2) is 17.1 Å². The number of halogens is 1. The molecule has 0 aliphatic carbocycles. The number of pyridine rings is 1. The van der Waals surface area contributed by atoms with E-state index in [1.54, 1.807) is 55.5 Å². The molecule has 2 N–H and O–H groups in total. The third-order valence-electron chi connectivity index (χ3n) is 3.63. The highest BCUT2D eigenvalue weighted by atomic mass is 35.5. The molecule has 1 aromatic heterocycles. The topological polar surface area (TPSA) is 74.3 Å². The second-order valence-electron chi connectivity index (χ2n) is 5.42. The minimum absolute atomic E-state index is 0.269. The Kier molecular flexibility index (Phi) is 4.27. The van der Waals surface area contributed by atoms with Crippen LogP contribution in [0.2, 0.25) is 5.02 Å². The van der Waals surface area contributed by atoms with Gasteiger partial charge in [-0.15, -0.1) is 0 Å². The van der Waals surface area contributed by atoms with Gasteiger partial charge < -0.3 is 10.5 Å². The van der Waals surface area contributed by atoms with Crippen LogP contribution in [0.4, 0.5) is 5.69 Å². The van der Waals surface area contributed by atoms with E-state index in [2.05, 4.69) is 0 Å². The first-order valence-corrected chi connectivity index (χ1v) is 7.67. The molecular formula is C18H15ClN2O3. The van der Waals surface area contributed by atoms with Gasteiger partial charge in [0.05, 0.1) is 5.52 Å². The quantitative estimate of drug-likeness (QED) is 0.741. The molecule has 0 amide bonds. The lowest BCUT2D eigenvalue weighted by atomic mass is 10.1. The Morgan fingerprint density at radius 3 is 2.58 bits per heavy atom. The standard InChI is InChI=1S/C18H15ClN2O3/c1-11-8-12-2-5-14(20)9-16(12)21(18(11)23)17(22)10-24-15-6-3-13(19)4-7-15/h2-9H,10,20H2,1H3. The van der Waals surface area contributed by atoms with Crippen molar-refractivity contribution in [3.05, 3.63) is 69.5 Å². The molecule has 0 saturated heterocycles. The minimum atomic E-state index is -0.464. The van der Waals surface area contributed by atoms with Crippen LogP contribution in [0.3, 0.4) is 0 Å². The third kappa shape index (κ3) is 3.12. The summed E-state index contributed by atoms with van der Waals surface area (Å²) in [6, 6.07) is 13.5. The maximum atomic E-state index is 12.6. The normalized spacial score (nSPS) is 10.8. The molecule has 3 aromatic rings. The zero-order valence-electron chi connectivity index (χ0n) is 13.0. The molecule has 0 unspecified atom stereocenters. The Bertz CT molecular complexity index is 978. The van der Waals surface area contributed by atoms with Gasteiger partial charge in [-0.3, -0.25) is 9.59 Å². The van der Waals surface area contributed by atoms with E-state index < -0.39 is 5.91 Å². The van der Waals surface area contributed by atoms with Crippen LogP contribution in [0, 0.1) is 6.92 Å². The average Bonchev–Trinajstić information content (AvgIpc) is 2.56. The number of nitrogens with two attached hydrogens (primary N) is 1. The van der Waals surface area contributed by atoms with Crippen LogP contribution in [0.5, 0.6) is 5.75 Å². The molecule has 122 valence electrons. The molecule has 24 heavy (non-hydrogen) atoms. The number of hydrogen-bond acceptors (Lipinski definition) is 4. The first-order chi connectivity index (χ1) is 11.5. The van der Waals surface area contributed by atoms with E-state index in [0.717, 1.165) is 9.95 Å². The lowest BCUT2D eigenvalue weighted by Gasteiger charge is -2.12. The van der Waals surface area contributed by atoms with Gasteiger partial charge in [-0.05, 0) is 54.8 Å². The van der Waals surface area contributed by atoms with Crippen molar-refractivity contribution < 1.29 is 9.53 Å². The maximum absolute atomic E-state index is 12.6. The molecule has 3 rings (SSSR count). The molecule has 0 spiro atoms. The van der Waals surface area contributed by atoms with Crippen LogP contribution in [0.15, 0.2) is 53.3 Å². The van der Waals surface area contributed by atoms with E-state index in [9.17, 15) is 9.59 Å². The number of nitrogens with zero attached hydrogens (tertiary/aromatic N) is 1. The van der Waals surface area contributed by atoms with Crippen LogP contribution in [-0.2, 0) is 0 Å². The lowest BCUT2D eigenvalue weighted by molar-refractivity contribution is 0.0838. The fourth-order valence-corrected chi connectivity index (χ4v) is 2.57. The molecular weight excluding hydrogens is 328 g/mol. The number of nitrogen functional groups attached to an aromatic ring is 1. The Morgan fingerprint density at radius 1 is 1.17 bits per heavy atom. The zero-order chi connectivity index (χ0) is 17.3. The van der Waals surface area contributed by atoms with Crippen molar-refractivity contribution in [2.75, 3.05) is 12.3 Å². The van der Waals surface area contributed by atoms with Crippen LogP contribution in [0.25, 0.3) is 10.9 Å². The van der Waals surface area contributed by atoms with Gasteiger partial charge in [-0.2, -0.15) is 0 Å². The summed E-state index contributed by atoms with van der Waals surface area (Å²) in [5, 5.41) is 1.34. The Hall–Kier alpha value is -2.79. The fourth-order valence-electron chi connectivity index (χ4n) is 2.45. The van der Waals surface area contributed by atoms with Gasteiger partial charge in [0.25, 0.3) is 11.5 Å². The lowest BCUT2D eigenvalue weighted by Crippen LogP contribution is -2.32. The summed E-state index contributed by atoms with van der Waals surface area (Å²) in [6.45, 7) is 1.40. The molecule has 6 heteroatoms. The minimum Gasteiger partial charge on any atom is -0.484 e. The fraction of sp³-hybridized carbons (Fsp3) is 0.111. The molecule has 0 bridgehead atoms. The van der Waals surface area contributed by atoms with Crippen molar-refractivity contribution in [3.63, 3.8) is 0 Å². The first-order valence-electron chi connectivity index (χ1n) is 7.29. The summed E-state index contributed by atoms with van der Waals surface area (Å²) in [5.41, 5.74) is 6.84. The highest BCUT2D eigenvalue weighted by Crippen LogP contribution is 2.18. The van der Waals surface area contributed by atoms with Crippen LogP contribution < -0.4 is 16.0 Å². The van der Waals surface area contributed by atoms with Crippen molar-refractivity contribution in [1.82, 2.24) is 4.57 Å². The average molecular weight is 343 g/mol. The number of hydrogen-bond donors (Lipinski definition) is 1. The van der Waals surface area contributed by atoms with Crippen molar-refractivity contribution in [2.45, 2.75) is 6.92 Å². The van der Waals surface area contributed by atoms with Crippen molar-refractivity contribution in [1.29, 1.82) is 0 Å². The summed E-state index contributed by atoms with van der Waals surface area (Å²) >= 11 is 5.81. The van der Waals surface area contributed by atoms with Crippen molar-refractivity contribution in [2.24, 2.45) is 0 Å². The molecule has 1 heterocycles. The summed E-state index contributed by atoms with van der Waals surface area (Å²) in [5.74, 6) is 0.0338. The van der Waals surface area contributed by atoms with E-state index in [-0.39, 0.29) is 12.2 Å². The summed E-state index contributed by atoms with van der Waals surface area (Å²) in [7, 11) is 0. The summed E-state index contributed by atoms with van der Waals surface area (Å²) < 4.78 is 6.56. The van der Waals surface area contributed by atoms with Crippen molar-refractivity contribution >= 4 is 34.1 Å². The number of anilines is 1. The van der Waals surface area contributed by atoms with Gasteiger partial charge in [-0.25, -0.2) is 4.57 Å². The van der Waals surface area contributed by atoms with Gasteiger partial charge in [0.1, 0.15) is 5.75 Å². The second-order valence-corrected chi connectivity index (χ2v) is 5.86. The number of aryl methyl sites for hydroxylation is 1. The smallest absolute Gasteiger partial charge is 0.271 e. The Morgan fingerprint density at radius 2 is 1.88 bits per heavy atom. The van der Waals surface area contributed by atoms with Crippen LogP contribution >= 0.6 is 11.6 Å². The number of carbonyl (C=O) groups excluding carboxylic acids is 1. The molecule has 0 radical (unpaired) electrons. The summed E-state index contributed by atoms with van der Waals surface area (Å²) in [6.07, 6.45) is 0. The number of aromatic nitrogens is 1. The molecule has 0 aliphatic rings. The Labute approximate surface area is 143 Å². The van der Waals surface area contributed by atoms with Gasteiger partial charge in [0, 0.05) is 16.3 Å². The maximum Gasteiger partial charge on any atom is 0.271 e. The number of ether oxygens (including phenoxy) is 1. The van der Waals surface area contributed by atoms with Gasteiger partial charge in [0.15, 0.2) is 6.61 Å². The van der Waals surface area contributed by atoms with Gasteiger partial charge >= 0.3 is 0 Å². The number of fused-ring (bicyclic) bond motifs is 1. The first kappa shape index (κ1) is 16.1. The third-order valence-corrected chi connectivity index (χ3v) is 3.89. The highest BCUT2D eigenvalue weighted by molar-refractivity contribution is 6.30.